The molecule has 1 unspecified atom stereocenters. The summed E-state index contributed by atoms with van der Waals surface area (Å²) in [5, 5.41) is 10.5. The number of rotatable bonds is 4. The minimum Gasteiger partial charge on any atom is -0.389 e. The number of aryl methyl sites for hydroxylation is 1. The summed E-state index contributed by atoms with van der Waals surface area (Å²) >= 11 is 5.98. The van der Waals surface area contributed by atoms with Crippen LogP contribution in [0.25, 0.3) is 0 Å². The van der Waals surface area contributed by atoms with E-state index in [0.29, 0.717) is 6.42 Å². The fourth-order valence-corrected chi connectivity index (χ4v) is 1.44. The fraction of sp³-hybridized carbons (Fsp3) is 0.455. The molecule has 0 saturated heterocycles. The van der Waals surface area contributed by atoms with E-state index in [1.54, 1.807) is 6.92 Å². The molecule has 1 aromatic rings. The first-order valence-corrected chi connectivity index (χ1v) is 5.09. The normalized spacial score (nSPS) is 15.1. The Morgan fingerprint density at radius 2 is 2.07 bits per heavy atom. The number of hydrogen-bond acceptors (Lipinski definition) is 2. The number of halogens is 1. The summed E-state index contributed by atoms with van der Waals surface area (Å²) in [6, 6.07) is 7.66. The highest BCUT2D eigenvalue weighted by molar-refractivity contribution is 6.31. The van der Waals surface area contributed by atoms with Crippen molar-refractivity contribution in [1.29, 1.82) is 0 Å². The summed E-state index contributed by atoms with van der Waals surface area (Å²) in [4.78, 5) is 0. The van der Waals surface area contributed by atoms with E-state index in [1.807, 2.05) is 24.3 Å². The molecule has 2 nitrogen and oxygen atoms in total. The minimum absolute atomic E-state index is 0.275. The SMILES string of the molecule is CC(O)(CN)CCc1ccccc1Cl. The molecule has 0 heterocycles. The maximum Gasteiger partial charge on any atom is 0.0744 e. The van der Waals surface area contributed by atoms with Crippen molar-refractivity contribution >= 4 is 11.6 Å². The van der Waals surface area contributed by atoms with Crippen LogP contribution in [0.1, 0.15) is 18.9 Å². The Kier molecular flexibility index (Phi) is 3.93. The van der Waals surface area contributed by atoms with Gasteiger partial charge < -0.3 is 10.8 Å². The lowest BCUT2D eigenvalue weighted by molar-refractivity contribution is 0.0603. The Hall–Kier alpha value is -0.570. The lowest BCUT2D eigenvalue weighted by atomic mass is 9.97. The molecule has 0 amide bonds. The molecule has 0 aromatic heterocycles. The van der Waals surface area contributed by atoms with Gasteiger partial charge in [-0.3, -0.25) is 0 Å². The molecule has 3 heteroatoms. The quantitative estimate of drug-likeness (QED) is 0.804. The number of aliphatic hydroxyl groups is 1. The van der Waals surface area contributed by atoms with Crippen molar-refractivity contribution in [1.82, 2.24) is 0 Å². The molecule has 1 aromatic carbocycles. The molecule has 14 heavy (non-hydrogen) atoms. The number of hydrogen-bond donors (Lipinski definition) is 2. The summed E-state index contributed by atoms with van der Waals surface area (Å²) in [5.74, 6) is 0. The van der Waals surface area contributed by atoms with E-state index in [0.717, 1.165) is 17.0 Å². The average molecular weight is 214 g/mol. The van der Waals surface area contributed by atoms with Crippen LogP contribution in [0, 0.1) is 0 Å². The zero-order chi connectivity index (χ0) is 10.6. The third-order valence-corrected chi connectivity index (χ3v) is 2.70. The molecular weight excluding hydrogens is 198 g/mol. The minimum atomic E-state index is -0.792. The highest BCUT2D eigenvalue weighted by atomic mass is 35.5. The van der Waals surface area contributed by atoms with Gasteiger partial charge >= 0.3 is 0 Å². The van der Waals surface area contributed by atoms with Gasteiger partial charge in [0, 0.05) is 11.6 Å². The average Bonchev–Trinajstić information content (AvgIpc) is 2.17. The number of benzene rings is 1. The van der Waals surface area contributed by atoms with E-state index >= 15 is 0 Å². The van der Waals surface area contributed by atoms with Crippen LogP contribution in [0.3, 0.4) is 0 Å². The Balaban J connectivity index is 2.58. The third kappa shape index (κ3) is 3.29. The highest BCUT2D eigenvalue weighted by Crippen LogP contribution is 2.19. The van der Waals surface area contributed by atoms with Crippen LogP contribution in [0.15, 0.2) is 24.3 Å². The van der Waals surface area contributed by atoms with E-state index < -0.39 is 5.60 Å². The van der Waals surface area contributed by atoms with Gasteiger partial charge in [0.25, 0.3) is 0 Å². The highest BCUT2D eigenvalue weighted by Gasteiger charge is 2.17. The van der Waals surface area contributed by atoms with Crippen LogP contribution < -0.4 is 5.73 Å². The fourth-order valence-electron chi connectivity index (χ4n) is 1.21. The molecule has 1 atom stereocenters. The largest absolute Gasteiger partial charge is 0.389 e. The van der Waals surface area contributed by atoms with Crippen molar-refractivity contribution in [3.63, 3.8) is 0 Å². The van der Waals surface area contributed by atoms with Crippen molar-refractivity contribution in [3.8, 4) is 0 Å². The molecule has 78 valence electrons. The Morgan fingerprint density at radius 1 is 1.43 bits per heavy atom. The lowest BCUT2D eigenvalue weighted by Gasteiger charge is -2.20. The first-order valence-electron chi connectivity index (χ1n) is 4.71. The van der Waals surface area contributed by atoms with E-state index in [-0.39, 0.29) is 6.54 Å². The lowest BCUT2D eigenvalue weighted by Crippen LogP contribution is -2.34. The standard InChI is InChI=1S/C11H16ClNO/c1-11(14,8-13)7-6-9-4-2-3-5-10(9)12/h2-5,14H,6-8,13H2,1H3. The molecule has 1 rings (SSSR count). The molecule has 0 saturated carbocycles. The van der Waals surface area contributed by atoms with Crippen LogP contribution in [-0.2, 0) is 6.42 Å². The van der Waals surface area contributed by atoms with Crippen molar-refractivity contribution in [3.05, 3.63) is 34.9 Å². The second-order valence-corrected chi connectivity index (χ2v) is 4.20. The summed E-state index contributed by atoms with van der Waals surface area (Å²) in [6.07, 6.45) is 1.39. The third-order valence-electron chi connectivity index (χ3n) is 2.33. The van der Waals surface area contributed by atoms with Crippen molar-refractivity contribution in [2.24, 2.45) is 5.73 Å². The van der Waals surface area contributed by atoms with Crippen LogP contribution in [-0.4, -0.2) is 17.3 Å². The van der Waals surface area contributed by atoms with Crippen LogP contribution in [0.4, 0.5) is 0 Å². The maximum atomic E-state index is 9.71. The van der Waals surface area contributed by atoms with E-state index in [9.17, 15) is 5.11 Å². The van der Waals surface area contributed by atoms with Gasteiger partial charge in [-0.1, -0.05) is 29.8 Å². The Morgan fingerprint density at radius 3 is 2.64 bits per heavy atom. The maximum absolute atomic E-state index is 9.71. The zero-order valence-corrected chi connectivity index (χ0v) is 9.09. The van der Waals surface area contributed by atoms with Gasteiger partial charge in [0.05, 0.1) is 5.60 Å². The number of nitrogens with two attached hydrogens (primary N) is 1. The van der Waals surface area contributed by atoms with Gasteiger partial charge in [0.1, 0.15) is 0 Å². The predicted octanol–water partition coefficient (Wildman–Crippen LogP) is 1.98. The summed E-state index contributed by atoms with van der Waals surface area (Å²) in [6.45, 7) is 2.02. The van der Waals surface area contributed by atoms with E-state index in [4.69, 9.17) is 17.3 Å². The van der Waals surface area contributed by atoms with E-state index in [1.165, 1.54) is 0 Å². The monoisotopic (exact) mass is 213 g/mol. The van der Waals surface area contributed by atoms with Gasteiger partial charge in [-0.05, 0) is 31.4 Å². The predicted molar refractivity (Wildman–Crippen MR) is 59.5 cm³/mol. The Labute approximate surface area is 89.7 Å². The van der Waals surface area contributed by atoms with Gasteiger partial charge in [0.2, 0.25) is 0 Å². The van der Waals surface area contributed by atoms with Crippen LogP contribution >= 0.6 is 11.6 Å². The van der Waals surface area contributed by atoms with Crippen molar-refractivity contribution in [2.45, 2.75) is 25.4 Å². The summed E-state index contributed by atoms with van der Waals surface area (Å²) < 4.78 is 0. The molecule has 0 aliphatic heterocycles. The molecular formula is C11H16ClNO. The van der Waals surface area contributed by atoms with Crippen LogP contribution in [0.2, 0.25) is 5.02 Å². The van der Waals surface area contributed by atoms with E-state index in [2.05, 4.69) is 0 Å². The Bertz CT molecular complexity index is 299. The van der Waals surface area contributed by atoms with Crippen molar-refractivity contribution in [2.75, 3.05) is 6.54 Å². The summed E-state index contributed by atoms with van der Waals surface area (Å²) in [7, 11) is 0. The zero-order valence-electron chi connectivity index (χ0n) is 8.33. The van der Waals surface area contributed by atoms with Gasteiger partial charge in [-0.25, -0.2) is 0 Å². The van der Waals surface area contributed by atoms with Crippen molar-refractivity contribution < 1.29 is 5.11 Å². The molecule has 0 radical (unpaired) electrons. The van der Waals surface area contributed by atoms with Gasteiger partial charge in [-0.15, -0.1) is 0 Å². The van der Waals surface area contributed by atoms with Crippen LogP contribution in [0.5, 0.6) is 0 Å². The second kappa shape index (κ2) is 4.78. The smallest absolute Gasteiger partial charge is 0.0744 e. The van der Waals surface area contributed by atoms with Gasteiger partial charge in [-0.2, -0.15) is 0 Å². The molecule has 3 N–H and O–H groups in total. The molecule has 0 spiro atoms. The molecule has 0 aliphatic rings. The first-order chi connectivity index (χ1) is 6.55. The first kappa shape index (κ1) is 11.5. The van der Waals surface area contributed by atoms with Gasteiger partial charge in [0.15, 0.2) is 0 Å². The molecule has 0 fully saturated rings. The summed E-state index contributed by atoms with van der Waals surface area (Å²) in [5.41, 5.74) is 5.69. The molecule has 0 aliphatic carbocycles. The second-order valence-electron chi connectivity index (χ2n) is 3.79. The topological polar surface area (TPSA) is 46.2 Å². The molecule has 0 bridgehead atoms.